The van der Waals surface area contributed by atoms with Crippen LogP contribution < -0.4 is 5.32 Å². The summed E-state index contributed by atoms with van der Waals surface area (Å²) in [7, 11) is 2.00. The fraction of sp³-hybridized carbons (Fsp3) is 1.00. The van der Waals surface area contributed by atoms with Crippen molar-refractivity contribution in [1.29, 1.82) is 0 Å². The summed E-state index contributed by atoms with van der Waals surface area (Å²) in [6.45, 7) is 5.81. The summed E-state index contributed by atoms with van der Waals surface area (Å²) in [4.78, 5) is 2.52. The predicted molar refractivity (Wildman–Crippen MR) is 63.7 cm³/mol. The van der Waals surface area contributed by atoms with Gasteiger partial charge >= 0.3 is 0 Å². The topological polar surface area (TPSA) is 33.7 Å². The van der Waals surface area contributed by atoms with E-state index in [2.05, 4.69) is 10.2 Å². The van der Waals surface area contributed by atoms with Crippen molar-refractivity contribution in [2.75, 3.05) is 46.5 Å². The Morgan fingerprint density at radius 2 is 2.25 bits per heavy atom. The molecule has 2 heterocycles. The van der Waals surface area contributed by atoms with E-state index >= 15 is 0 Å². The van der Waals surface area contributed by atoms with Crippen molar-refractivity contribution in [3.63, 3.8) is 0 Å². The van der Waals surface area contributed by atoms with E-state index in [0.717, 1.165) is 39.5 Å². The Kier molecular flexibility index (Phi) is 5.03. The quantitative estimate of drug-likeness (QED) is 0.758. The lowest BCUT2D eigenvalue weighted by molar-refractivity contribution is -0.0537. The summed E-state index contributed by atoms with van der Waals surface area (Å²) >= 11 is 0. The van der Waals surface area contributed by atoms with E-state index in [4.69, 9.17) is 9.47 Å². The number of hydrogen-bond donors (Lipinski definition) is 1. The number of likely N-dealkylation sites (N-methyl/N-ethyl adjacent to an activating group) is 1. The van der Waals surface area contributed by atoms with Crippen LogP contribution in [-0.4, -0.2) is 63.5 Å². The molecule has 0 aromatic carbocycles. The van der Waals surface area contributed by atoms with Crippen molar-refractivity contribution in [3.05, 3.63) is 0 Å². The first-order valence-corrected chi connectivity index (χ1v) is 6.48. The third kappa shape index (κ3) is 3.42. The van der Waals surface area contributed by atoms with E-state index in [1.165, 1.54) is 19.3 Å². The molecule has 0 saturated carbocycles. The maximum Gasteiger partial charge on any atom is 0.0702 e. The summed E-state index contributed by atoms with van der Waals surface area (Å²) < 4.78 is 11.3. The van der Waals surface area contributed by atoms with Crippen molar-refractivity contribution in [3.8, 4) is 0 Å². The standard InChI is InChI=1S/C12H24N2O2/c1-13-8-11-10-15-7-5-14(11)9-12-4-2-3-6-16-12/h11-13H,2-10H2,1H3. The van der Waals surface area contributed by atoms with Gasteiger partial charge in [-0.3, -0.25) is 4.90 Å². The molecule has 2 unspecified atom stereocenters. The molecule has 2 atom stereocenters. The third-order valence-corrected chi connectivity index (χ3v) is 3.50. The van der Waals surface area contributed by atoms with Gasteiger partial charge in [0, 0.05) is 32.3 Å². The molecule has 0 aliphatic carbocycles. The third-order valence-electron chi connectivity index (χ3n) is 3.50. The molecule has 2 fully saturated rings. The summed E-state index contributed by atoms with van der Waals surface area (Å²) in [5.74, 6) is 0. The maximum atomic E-state index is 5.80. The molecule has 0 spiro atoms. The minimum atomic E-state index is 0.450. The normalized spacial score (nSPS) is 32.8. The molecular formula is C12H24N2O2. The Morgan fingerprint density at radius 1 is 1.31 bits per heavy atom. The van der Waals surface area contributed by atoms with Crippen LogP contribution in [0.5, 0.6) is 0 Å². The van der Waals surface area contributed by atoms with Crippen molar-refractivity contribution >= 4 is 0 Å². The second-order valence-electron chi connectivity index (χ2n) is 4.77. The van der Waals surface area contributed by atoms with E-state index in [1.54, 1.807) is 0 Å². The van der Waals surface area contributed by atoms with Gasteiger partial charge in [-0.15, -0.1) is 0 Å². The molecule has 4 heteroatoms. The molecule has 4 nitrogen and oxygen atoms in total. The molecule has 2 aliphatic rings. The van der Waals surface area contributed by atoms with Crippen LogP contribution in [-0.2, 0) is 9.47 Å². The van der Waals surface area contributed by atoms with Gasteiger partial charge in [-0.05, 0) is 26.3 Å². The summed E-state index contributed by atoms with van der Waals surface area (Å²) in [6, 6.07) is 0.518. The fourth-order valence-corrected chi connectivity index (χ4v) is 2.57. The average Bonchev–Trinajstić information content (AvgIpc) is 2.33. The maximum absolute atomic E-state index is 5.80. The van der Waals surface area contributed by atoms with Gasteiger partial charge in [-0.2, -0.15) is 0 Å². The van der Waals surface area contributed by atoms with E-state index in [0.29, 0.717) is 12.1 Å². The predicted octanol–water partition coefficient (Wildman–Crippen LogP) is 0.476. The van der Waals surface area contributed by atoms with E-state index in [1.807, 2.05) is 7.05 Å². The minimum Gasteiger partial charge on any atom is -0.378 e. The van der Waals surface area contributed by atoms with Crippen molar-refractivity contribution in [1.82, 2.24) is 10.2 Å². The van der Waals surface area contributed by atoms with Gasteiger partial charge < -0.3 is 14.8 Å². The Hall–Kier alpha value is -0.160. The lowest BCUT2D eigenvalue weighted by Gasteiger charge is -2.38. The monoisotopic (exact) mass is 228 g/mol. The lowest BCUT2D eigenvalue weighted by Crippen LogP contribution is -2.52. The van der Waals surface area contributed by atoms with Gasteiger partial charge in [0.25, 0.3) is 0 Å². The highest BCUT2D eigenvalue weighted by atomic mass is 16.5. The zero-order valence-electron chi connectivity index (χ0n) is 10.3. The van der Waals surface area contributed by atoms with Crippen LogP contribution in [0.1, 0.15) is 19.3 Å². The number of morpholine rings is 1. The average molecular weight is 228 g/mol. The largest absolute Gasteiger partial charge is 0.378 e. The van der Waals surface area contributed by atoms with Crippen molar-refractivity contribution in [2.45, 2.75) is 31.4 Å². The van der Waals surface area contributed by atoms with E-state index < -0.39 is 0 Å². The van der Waals surface area contributed by atoms with Gasteiger partial charge in [-0.25, -0.2) is 0 Å². The highest BCUT2D eigenvalue weighted by Crippen LogP contribution is 2.16. The van der Waals surface area contributed by atoms with E-state index in [9.17, 15) is 0 Å². The summed E-state index contributed by atoms with van der Waals surface area (Å²) in [5.41, 5.74) is 0. The molecule has 0 bridgehead atoms. The lowest BCUT2D eigenvalue weighted by atomic mass is 10.1. The number of hydrogen-bond acceptors (Lipinski definition) is 4. The molecule has 16 heavy (non-hydrogen) atoms. The van der Waals surface area contributed by atoms with Crippen LogP contribution in [0, 0.1) is 0 Å². The molecule has 2 rings (SSSR count). The van der Waals surface area contributed by atoms with Crippen LogP contribution in [0.2, 0.25) is 0 Å². The fourth-order valence-electron chi connectivity index (χ4n) is 2.57. The van der Waals surface area contributed by atoms with Gasteiger partial charge in [0.05, 0.1) is 19.3 Å². The van der Waals surface area contributed by atoms with Crippen molar-refractivity contribution in [2.24, 2.45) is 0 Å². The Bertz CT molecular complexity index is 193. The van der Waals surface area contributed by atoms with Gasteiger partial charge in [0.15, 0.2) is 0 Å². The van der Waals surface area contributed by atoms with Crippen LogP contribution in [0.3, 0.4) is 0 Å². The summed E-state index contributed by atoms with van der Waals surface area (Å²) in [5, 5.41) is 3.24. The first kappa shape index (κ1) is 12.3. The van der Waals surface area contributed by atoms with Crippen LogP contribution in [0.25, 0.3) is 0 Å². The second-order valence-corrected chi connectivity index (χ2v) is 4.77. The highest BCUT2D eigenvalue weighted by Gasteiger charge is 2.26. The van der Waals surface area contributed by atoms with Crippen LogP contribution in [0.15, 0.2) is 0 Å². The first-order valence-electron chi connectivity index (χ1n) is 6.48. The molecule has 0 aromatic rings. The van der Waals surface area contributed by atoms with Crippen LogP contribution in [0.4, 0.5) is 0 Å². The Labute approximate surface area is 98.3 Å². The van der Waals surface area contributed by atoms with E-state index in [-0.39, 0.29) is 0 Å². The summed E-state index contributed by atoms with van der Waals surface area (Å²) in [6.07, 6.45) is 4.24. The number of ether oxygens (including phenoxy) is 2. The number of rotatable bonds is 4. The zero-order valence-corrected chi connectivity index (χ0v) is 10.3. The van der Waals surface area contributed by atoms with Gasteiger partial charge in [0.2, 0.25) is 0 Å². The molecule has 1 N–H and O–H groups in total. The molecular weight excluding hydrogens is 204 g/mol. The minimum absolute atomic E-state index is 0.450. The van der Waals surface area contributed by atoms with Crippen molar-refractivity contribution < 1.29 is 9.47 Å². The number of nitrogens with zero attached hydrogens (tertiary/aromatic N) is 1. The second kappa shape index (κ2) is 6.55. The SMILES string of the molecule is CNCC1COCCN1CC1CCCCO1. The molecule has 0 aromatic heterocycles. The first-order chi connectivity index (χ1) is 7.90. The van der Waals surface area contributed by atoms with Gasteiger partial charge in [-0.1, -0.05) is 0 Å². The Morgan fingerprint density at radius 3 is 3.00 bits per heavy atom. The molecule has 0 radical (unpaired) electrons. The smallest absolute Gasteiger partial charge is 0.0702 e. The molecule has 2 saturated heterocycles. The van der Waals surface area contributed by atoms with Crippen LogP contribution >= 0.6 is 0 Å². The number of nitrogens with one attached hydrogen (secondary N) is 1. The Balaban J connectivity index is 1.80. The highest BCUT2D eigenvalue weighted by molar-refractivity contribution is 4.80. The van der Waals surface area contributed by atoms with Gasteiger partial charge in [0.1, 0.15) is 0 Å². The molecule has 0 amide bonds. The zero-order chi connectivity index (χ0) is 11.2. The molecule has 94 valence electrons. The molecule has 2 aliphatic heterocycles.